The van der Waals surface area contributed by atoms with Crippen molar-refractivity contribution in [2.24, 2.45) is 4.99 Å². The molecule has 1 heterocycles. The van der Waals surface area contributed by atoms with E-state index in [1.807, 2.05) is 30.3 Å². The number of halogens is 2. The van der Waals surface area contributed by atoms with Crippen LogP contribution < -0.4 is 10.1 Å². The van der Waals surface area contributed by atoms with Crippen LogP contribution in [0.25, 0.3) is 0 Å². The van der Waals surface area contributed by atoms with Gasteiger partial charge in [-0.3, -0.25) is 4.99 Å². The normalized spacial score (nSPS) is 13.7. The van der Waals surface area contributed by atoms with Gasteiger partial charge in [0.25, 0.3) is 0 Å². The van der Waals surface area contributed by atoms with Crippen LogP contribution in [0.1, 0.15) is 11.1 Å². The molecule has 2 aromatic rings. The van der Waals surface area contributed by atoms with E-state index in [2.05, 4.69) is 10.3 Å². The van der Waals surface area contributed by atoms with Crippen molar-refractivity contribution in [1.29, 1.82) is 0 Å². The molecule has 0 saturated heterocycles. The quantitative estimate of drug-likeness (QED) is 0.926. The summed E-state index contributed by atoms with van der Waals surface area (Å²) >= 11 is 12.1. The average molecular weight is 321 g/mol. The van der Waals surface area contributed by atoms with E-state index in [0.717, 1.165) is 35.8 Å². The van der Waals surface area contributed by atoms with Gasteiger partial charge < -0.3 is 10.1 Å². The van der Waals surface area contributed by atoms with Gasteiger partial charge in [-0.15, -0.1) is 0 Å². The topological polar surface area (TPSA) is 33.6 Å². The lowest BCUT2D eigenvalue weighted by Crippen LogP contribution is -2.20. The summed E-state index contributed by atoms with van der Waals surface area (Å²) in [4.78, 5) is 4.43. The first-order valence-electron chi connectivity index (χ1n) is 6.68. The van der Waals surface area contributed by atoms with E-state index in [9.17, 15) is 0 Å². The summed E-state index contributed by atoms with van der Waals surface area (Å²) in [6, 6.07) is 13.2. The van der Waals surface area contributed by atoms with Crippen molar-refractivity contribution < 1.29 is 4.74 Å². The highest BCUT2D eigenvalue weighted by atomic mass is 35.5. The van der Waals surface area contributed by atoms with Gasteiger partial charge in [-0.2, -0.15) is 0 Å². The van der Waals surface area contributed by atoms with Gasteiger partial charge in [0.05, 0.1) is 12.1 Å². The molecule has 1 aliphatic heterocycles. The second-order valence-corrected chi connectivity index (χ2v) is 5.52. The van der Waals surface area contributed by atoms with Gasteiger partial charge in [-0.05, 0) is 24.3 Å². The number of para-hydroxylation sites is 1. The van der Waals surface area contributed by atoms with Crippen LogP contribution in [0.15, 0.2) is 47.5 Å². The molecule has 0 saturated carbocycles. The molecule has 3 nitrogen and oxygen atoms in total. The number of amidine groups is 1. The summed E-state index contributed by atoms with van der Waals surface area (Å²) in [6.07, 6.45) is 0. The molecule has 0 fully saturated rings. The van der Waals surface area contributed by atoms with E-state index in [4.69, 9.17) is 27.9 Å². The Hall–Kier alpha value is -1.71. The highest BCUT2D eigenvalue weighted by molar-refractivity contribution is 6.35. The van der Waals surface area contributed by atoms with Gasteiger partial charge in [0.2, 0.25) is 0 Å². The molecule has 0 bridgehead atoms. The van der Waals surface area contributed by atoms with Crippen LogP contribution in [-0.2, 0) is 6.61 Å². The van der Waals surface area contributed by atoms with Crippen molar-refractivity contribution in [1.82, 2.24) is 5.32 Å². The molecule has 0 aliphatic carbocycles. The fourth-order valence-corrected chi connectivity index (χ4v) is 2.62. The van der Waals surface area contributed by atoms with Crippen LogP contribution in [-0.4, -0.2) is 18.9 Å². The minimum absolute atomic E-state index is 0.389. The third-order valence-corrected chi connectivity index (χ3v) is 3.80. The lowest BCUT2D eigenvalue weighted by molar-refractivity contribution is 0.305. The molecular formula is C16H14Cl2N2O. The summed E-state index contributed by atoms with van der Waals surface area (Å²) in [5, 5.41) is 4.48. The van der Waals surface area contributed by atoms with Crippen molar-refractivity contribution in [3.63, 3.8) is 0 Å². The number of ether oxygens (including phenoxy) is 1. The first-order chi connectivity index (χ1) is 10.2. The molecule has 5 heteroatoms. The maximum absolute atomic E-state index is 6.16. The number of aliphatic imine (C=N–C) groups is 1. The first kappa shape index (κ1) is 14.2. The molecule has 1 N–H and O–H groups in total. The fourth-order valence-electron chi connectivity index (χ4n) is 2.16. The molecule has 0 spiro atoms. The predicted molar refractivity (Wildman–Crippen MR) is 86.6 cm³/mol. The van der Waals surface area contributed by atoms with E-state index in [1.165, 1.54) is 0 Å². The zero-order valence-corrected chi connectivity index (χ0v) is 12.8. The molecular weight excluding hydrogens is 307 g/mol. The highest BCUT2D eigenvalue weighted by Gasteiger charge is 2.13. The van der Waals surface area contributed by atoms with Crippen LogP contribution in [0.4, 0.5) is 0 Å². The van der Waals surface area contributed by atoms with E-state index in [1.54, 1.807) is 12.1 Å². The average Bonchev–Trinajstić information content (AvgIpc) is 3.01. The molecule has 2 aromatic carbocycles. The Morgan fingerprint density at radius 1 is 1.14 bits per heavy atom. The van der Waals surface area contributed by atoms with Crippen LogP contribution in [0.3, 0.4) is 0 Å². The van der Waals surface area contributed by atoms with E-state index < -0.39 is 0 Å². The highest BCUT2D eigenvalue weighted by Crippen LogP contribution is 2.24. The summed E-state index contributed by atoms with van der Waals surface area (Å²) in [7, 11) is 0. The van der Waals surface area contributed by atoms with Crippen molar-refractivity contribution >= 4 is 29.0 Å². The molecule has 0 amide bonds. The Balaban J connectivity index is 1.79. The van der Waals surface area contributed by atoms with Crippen LogP contribution in [0.5, 0.6) is 5.75 Å². The third-order valence-electron chi connectivity index (χ3n) is 3.21. The maximum Gasteiger partial charge on any atom is 0.132 e. The SMILES string of the molecule is Clc1ccc(COc2ccccc2C2=NCCN2)c(Cl)c1. The maximum atomic E-state index is 6.16. The first-order valence-corrected chi connectivity index (χ1v) is 7.44. The van der Waals surface area contributed by atoms with Crippen molar-refractivity contribution in [2.75, 3.05) is 13.1 Å². The molecule has 0 aromatic heterocycles. The largest absolute Gasteiger partial charge is 0.488 e. The van der Waals surface area contributed by atoms with Gasteiger partial charge in [0, 0.05) is 22.2 Å². The Labute approximate surface area is 133 Å². The second-order valence-electron chi connectivity index (χ2n) is 4.68. The molecule has 3 rings (SSSR count). The number of nitrogens with one attached hydrogen (secondary N) is 1. The van der Waals surface area contributed by atoms with Gasteiger partial charge >= 0.3 is 0 Å². The molecule has 0 radical (unpaired) electrons. The van der Waals surface area contributed by atoms with Crippen LogP contribution in [0.2, 0.25) is 10.0 Å². The van der Waals surface area contributed by atoms with Gasteiger partial charge in [0.15, 0.2) is 0 Å². The molecule has 21 heavy (non-hydrogen) atoms. The Kier molecular flexibility index (Phi) is 4.32. The third kappa shape index (κ3) is 3.31. The molecule has 0 unspecified atom stereocenters. The van der Waals surface area contributed by atoms with E-state index in [-0.39, 0.29) is 0 Å². The minimum Gasteiger partial charge on any atom is -0.488 e. The van der Waals surface area contributed by atoms with Crippen LogP contribution >= 0.6 is 23.2 Å². The summed E-state index contributed by atoms with van der Waals surface area (Å²) in [6.45, 7) is 2.06. The van der Waals surface area contributed by atoms with Crippen molar-refractivity contribution in [3.05, 3.63) is 63.6 Å². The van der Waals surface area contributed by atoms with Gasteiger partial charge in [-0.25, -0.2) is 0 Å². The number of nitrogens with zero attached hydrogens (tertiary/aromatic N) is 1. The molecule has 0 atom stereocenters. The lowest BCUT2D eigenvalue weighted by Gasteiger charge is -2.12. The van der Waals surface area contributed by atoms with Crippen molar-refractivity contribution in [2.45, 2.75) is 6.61 Å². The smallest absolute Gasteiger partial charge is 0.132 e. The standard InChI is InChI=1S/C16H14Cl2N2O/c17-12-6-5-11(14(18)9-12)10-21-15-4-2-1-3-13(15)16-19-7-8-20-16/h1-6,9H,7-8,10H2,(H,19,20). The van der Waals surface area contributed by atoms with E-state index in [0.29, 0.717) is 16.7 Å². The number of hydrogen-bond acceptors (Lipinski definition) is 3. The summed E-state index contributed by atoms with van der Waals surface area (Å²) < 4.78 is 5.91. The Morgan fingerprint density at radius 2 is 2.00 bits per heavy atom. The Bertz CT molecular complexity index is 686. The van der Waals surface area contributed by atoms with Crippen LogP contribution in [0, 0.1) is 0 Å². The Morgan fingerprint density at radius 3 is 2.76 bits per heavy atom. The molecule has 1 aliphatic rings. The summed E-state index contributed by atoms with van der Waals surface area (Å²) in [5.41, 5.74) is 1.87. The second kappa shape index (κ2) is 6.37. The van der Waals surface area contributed by atoms with E-state index >= 15 is 0 Å². The van der Waals surface area contributed by atoms with Crippen molar-refractivity contribution in [3.8, 4) is 5.75 Å². The predicted octanol–water partition coefficient (Wildman–Crippen LogP) is 3.92. The van der Waals surface area contributed by atoms with Gasteiger partial charge in [0.1, 0.15) is 18.2 Å². The monoisotopic (exact) mass is 320 g/mol. The lowest BCUT2D eigenvalue weighted by atomic mass is 10.2. The zero-order chi connectivity index (χ0) is 14.7. The fraction of sp³-hybridized carbons (Fsp3) is 0.188. The van der Waals surface area contributed by atoms with Gasteiger partial charge in [-0.1, -0.05) is 41.4 Å². The molecule has 108 valence electrons. The zero-order valence-electron chi connectivity index (χ0n) is 11.3. The number of benzene rings is 2. The summed E-state index contributed by atoms with van der Waals surface area (Å²) in [5.74, 6) is 1.67. The minimum atomic E-state index is 0.389. The number of hydrogen-bond donors (Lipinski definition) is 1. The number of rotatable bonds is 4.